The summed E-state index contributed by atoms with van der Waals surface area (Å²) < 4.78 is 5.77. The molecule has 0 aliphatic carbocycles. The van der Waals surface area contributed by atoms with Crippen molar-refractivity contribution in [2.75, 3.05) is 4.90 Å². The van der Waals surface area contributed by atoms with E-state index >= 15 is 0 Å². The molecule has 2 aromatic heterocycles. The SMILES string of the molecule is CC(C)Oc1ccc(N2C(=S)N[C@@H](c3ccccn3)[C@H]2c2cccs2)cc1. The lowest BCUT2D eigenvalue weighted by Crippen LogP contribution is -2.29. The van der Waals surface area contributed by atoms with Gasteiger partial charge >= 0.3 is 0 Å². The lowest BCUT2D eigenvalue weighted by molar-refractivity contribution is 0.242. The van der Waals surface area contributed by atoms with Gasteiger partial charge in [-0.25, -0.2) is 0 Å². The van der Waals surface area contributed by atoms with Gasteiger partial charge in [-0.3, -0.25) is 4.98 Å². The van der Waals surface area contributed by atoms with Crippen LogP contribution >= 0.6 is 23.6 Å². The minimum Gasteiger partial charge on any atom is -0.491 e. The van der Waals surface area contributed by atoms with Crippen LogP contribution in [0.5, 0.6) is 5.75 Å². The Morgan fingerprint density at radius 1 is 1.11 bits per heavy atom. The van der Waals surface area contributed by atoms with E-state index in [0.29, 0.717) is 5.11 Å². The van der Waals surface area contributed by atoms with E-state index in [1.807, 2.05) is 50.4 Å². The van der Waals surface area contributed by atoms with Gasteiger partial charge in [0.15, 0.2) is 5.11 Å². The summed E-state index contributed by atoms with van der Waals surface area (Å²) in [5, 5.41) is 6.29. The van der Waals surface area contributed by atoms with Crippen molar-refractivity contribution in [3.05, 3.63) is 76.7 Å². The first-order chi connectivity index (χ1) is 13.1. The molecular formula is C21H21N3OS2. The molecule has 1 aliphatic heterocycles. The van der Waals surface area contributed by atoms with Gasteiger partial charge in [-0.2, -0.15) is 0 Å². The molecule has 4 rings (SSSR count). The van der Waals surface area contributed by atoms with Crippen molar-refractivity contribution in [2.45, 2.75) is 32.0 Å². The third-order valence-corrected chi connectivity index (χ3v) is 5.68. The zero-order chi connectivity index (χ0) is 18.8. The molecule has 2 atom stereocenters. The summed E-state index contributed by atoms with van der Waals surface area (Å²) in [7, 11) is 0. The van der Waals surface area contributed by atoms with Gasteiger partial charge in [-0.1, -0.05) is 12.1 Å². The predicted molar refractivity (Wildman–Crippen MR) is 114 cm³/mol. The molecule has 0 spiro atoms. The van der Waals surface area contributed by atoms with Crippen LogP contribution in [0.15, 0.2) is 66.2 Å². The van der Waals surface area contributed by atoms with Crippen LogP contribution in [0.1, 0.15) is 36.5 Å². The monoisotopic (exact) mass is 395 g/mol. The van der Waals surface area contributed by atoms with E-state index in [4.69, 9.17) is 17.0 Å². The fraction of sp³-hybridized carbons (Fsp3) is 0.238. The summed E-state index contributed by atoms with van der Waals surface area (Å²) >= 11 is 7.45. The van der Waals surface area contributed by atoms with Crippen molar-refractivity contribution < 1.29 is 4.74 Å². The van der Waals surface area contributed by atoms with Crippen LogP contribution in [0.25, 0.3) is 0 Å². The maximum absolute atomic E-state index is 5.77. The molecule has 0 saturated carbocycles. The van der Waals surface area contributed by atoms with Crippen molar-refractivity contribution in [3.8, 4) is 5.75 Å². The van der Waals surface area contributed by atoms with Gasteiger partial charge in [0.05, 0.1) is 23.9 Å². The topological polar surface area (TPSA) is 37.4 Å². The van der Waals surface area contributed by atoms with E-state index in [1.54, 1.807) is 11.3 Å². The second-order valence-corrected chi connectivity index (χ2v) is 8.04. The maximum atomic E-state index is 5.77. The van der Waals surface area contributed by atoms with Crippen molar-refractivity contribution in [1.29, 1.82) is 0 Å². The van der Waals surface area contributed by atoms with Crippen LogP contribution in [0.3, 0.4) is 0 Å². The normalized spacial score (nSPS) is 19.4. The third-order valence-electron chi connectivity index (χ3n) is 4.42. The molecule has 0 amide bonds. The molecule has 1 aromatic carbocycles. The second-order valence-electron chi connectivity index (χ2n) is 6.67. The fourth-order valence-corrected chi connectivity index (χ4v) is 4.54. The van der Waals surface area contributed by atoms with Crippen LogP contribution < -0.4 is 15.0 Å². The number of thiophene rings is 1. The van der Waals surface area contributed by atoms with E-state index in [2.05, 4.69) is 44.8 Å². The number of anilines is 1. The summed E-state index contributed by atoms with van der Waals surface area (Å²) in [5.74, 6) is 0.862. The Balaban J connectivity index is 1.71. The number of hydrogen-bond donors (Lipinski definition) is 1. The molecule has 0 radical (unpaired) electrons. The van der Waals surface area contributed by atoms with Crippen molar-refractivity contribution >= 4 is 34.4 Å². The van der Waals surface area contributed by atoms with E-state index in [-0.39, 0.29) is 18.2 Å². The Labute approximate surface area is 168 Å². The largest absolute Gasteiger partial charge is 0.491 e. The molecule has 1 aliphatic rings. The number of aromatic nitrogens is 1. The van der Waals surface area contributed by atoms with Crippen LogP contribution in [-0.2, 0) is 0 Å². The first kappa shape index (κ1) is 17.9. The van der Waals surface area contributed by atoms with Gasteiger partial charge in [-0.15, -0.1) is 11.3 Å². The number of hydrogen-bond acceptors (Lipinski definition) is 4. The number of ether oxygens (including phenoxy) is 1. The predicted octanol–water partition coefficient (Wildman–Crippen LogP) is 5.11. The van der Waals surface area contributed by atoms with E-state index in [1.165, 1.54) is 4.88 Å². The van der Waals surface area contributed by atoms with Gasteiger partial charge in [0.2, 0.25) is 0 Å². The highest BCUT2D eigenvalue weighted by Crippen LogP contribution is 2.43. The summed E-state index contributed by atoms with van der Waals surface area (Å²) in [5.41, 5.74) is 2.03. The number of benzene rings is 1. The third kappa shape index (κ3) is 3.68. The molecule has 1 saturated heterocycles. The molecule has 0 bridgehead atoms. The molecule has 1 N–H and O–H groups in total. The molecule has 138 valence electrons. The lowest BCUT2D eigenvalue weighted by Gasteiger charge is -2.27. The van der Waals surface area contributed by atoms with Crippen LogP contribution in [0, 0.1) is 0 Å². The standard InChI is InChI=1S/C21H21N3OS2/c1-14(2)25-16-10-8-15(9-11-16)24-20(18-7-5-13-27-18)19(23-21(24)26)17-6-3-4-12-22-17/h3-14,19-20H,1-2H3,(H,23,26)/t19-,20+/m0/s1. The Bertz CT molecular complexity index is 895. The van der Waals surface area contributed by atoms with Crippen molar-refractivity contribution in [2.24, 2.45) is 0 Å². The Hall–Kier alpha value is -2.44. The van der Waals surface area contributed by atoms with Crippen molar-refractivity contribution in [3.63, 3.8) is 0 Å². The zero-order valence-corrected chi connectivity index (χ0v) is 16.8. The number of nitrogens with zero attached hydrogens (tertiary/aromatic N) is 2. The Morgan fingerprint density at radius 2 is 1.93 bits per heavy atom. The smallest absolute Gasteiger partial charge is 0.174 e. The summed E-state index contributed by atoms with van der Waals surface area (Å²) in [6.45, 7) is 4.05. The van der Waals surface area contributed by atoms with Crippen molar-refractivity contribution in [1.82, 2.24) is 10.3 Å². The molecule has 27 heavy (non-hydrogen) atoms. The zero-order valence-electron chi connectivity index (χ0n) is 15.2. The van der Waals surface area contributed by atoms with E-state index < -0.39 is 0 Å². The molecule has 6 heteroatoms. The summed E-state index contributed by atoms with van der Waals surface area (Å²) in [4.78, 5) is 8.00. The van der Waals surface area contributed by atoms with E-state index in [0.717, 1.165) is 17.1 Å². The van der Waals surface area contributed by atoms with Gasteiger partial charge in [0, 0.05) is 16.8 Å². The number of nitrogens with one attached hydrogen (secondary N) is 1. The first-order valence-corrected chi connectivity index (χ1v) is 10.2. The highest BCUT2D eigenvalue weighted by Gasteiger charge is 2.41. The summed E-state index contributed by atoms with van der Waals surface area (Å²) in [6, 6.07) is 18.4. The van der Waals surface area contributed by atoms with E-state index in [9.17, 15) is 0 Å². The average molecular weight is 396 g/mol. The lowest BCUT2D eigenvalue weighted by atomic mass is 10.0. The minimum atomic E-state index is 0.00365. The maximum Gasteiger partial charge on any atom is 0.174 e. The molecular weight excluding hydrogens is 374 g/mol. The Kier molecular flexibility index (Phi) is 5.09. The van der Waals surface area contributed by atoms with Crippen LogP contribution in [0.4, 0.5) is 5.69 Å². The number of rotatable bonds is 5. The molecule has 3 heterocycles. The quantitative estimate of drug-likeness (QED) is 0.608. The molecule has 3 aromatic rings. The fourth-order valence-electron chi connectivity index (χ4n) is 3.34. The molecule has 1 fully saturated rings. The van der Waals surface area contributed by atoms with Gasteiger partial charge in [0.25, 0.3) is 0 Å². The highest BCUT2D eigenvalue weighted by atomic mass is 32.1. The Morgan fingerprint density at radius 3 is 2.56 bits per heavy atom. The molecule has 4 nitrogen and oxygen atoms in total. The van der Waals surface area contributed by atoms with Gasteiger partial charge < -0.3 is 15.0 Å². The molecule has 0 unspecified atom stereocenters. The minimum absolute atomic E-state index is 0.00365. The number of pyridine rings is 1. The average Bonchev–Trinajstić information content (AvgIpc) is 3.30. The second kappa shape index (κ2) is 7.66. The summed E-state index contributed by atoms with van der Waals surface area (Å²) in [6.07, 6.45) is 1.98. The van der Waals surface area contributed by atoms with Gasteiger partial charge in [0.1, 0.15) is 5.75 Å². The van der Waals surface area contributed by atoms with Crippen LogP contribution in [0.2, 0.25) is 0 Å². The first-order valence-electron chi connectivity index (χ1n) is 8.94. The van der Waals surface area contributed by atoms with Gasteiger partial charge in [-0.05, 0) is 73.9 Å². The van der Waals surface area contributed by atoms with Crippen LogP contribution in [-0.4, -0.2) is 16.2 Å². The highest BCUT2D eigenvalue weighted by molar-refractivity contribution is 7.80. The number of thiocarbonyl (C=S) groups is 1.